The molecule has 0 nitrogen and oxygen atoms in total. The molecule has 0 spiro atoms. The third-order valence-corrected chi connectivity index (χ3v) is 4.40. The molecule has 1 aromatic rings. The van der Waals surface area contributed by atoms with Crippen molar-refractivity contribution in [3.8, 4) is 0 Å². The summed E-state index contributed by atoms with van der Waals surface area (Å²) in [7, 11) is 0. The largest absolute Gasteiger partial charge is 0.131 e. The Morgan fingerprint density at radius 1 is 1.38 bits per heavy atom. The van der Waals surface area contributed by atoms with Crippen molar-refractivity contribution in [2.24, 2.45) is 0 Å². The molecule has 0 aliphatic rings. The summed E-state index contributed by atoms with van der Waals surface area (Å²) in [6.45, 7) is 2.24. The third-order valence-electron chi connectivity index (χ3n) is 1.84. The first-order valence-electron chi connectivity index (χ1n) is 4.70. The predicted octanol–water partition coefficient (Wildman–Crippen LogP) is 5.07. The summed E-state index contributed by atoms with van der Waals surface area (Å²) in [5, 5.41) is 2.05. The Hall–Kier alpha value is 0.340. The second kappa shape index (κ2) is 6.74. The standard InChI is InChI=1S/C10H15ClS2/c1-2-3-4-5-7-12-9-6-8-13-10(9)11/h6,8H,2-5,7H2,1H3. The number of rotatable bonds is 6. The Kier molecular flexibility index (Phi) is 5.92. The van der Waals surface area contributed by atoms with Gasteiger partial charge in [0.25, 0.3) is 0 Å². The first-order valence-corrected chi connectivity index (χ1v) is 6.94. The topological polar surface area (TPSA) is 0 Å². The van der Waals surface area contributed by atoms with E-state index in [1.807, 2.05) is 11.8 Å². The van der Waals surface area contributed by atoms with Crippen LogP contribution in [0.4, 0.5) is 0 Å². The highest BCUT2D eigenvalue weighted by Crippen LogP contribution is 2.32. The average Bonchev–Trinajstić information content (AvgIpc) is 2.52. The lowest BCUT2D eigenvalue weighted by Crippen LogP contribution is -1.79. The predicted molar refractivity (Wildman–Crippen MR) is 64.2 cm³/mol. The zero-order chi connectivity index (χ0) is 9.52. The van der Waals surface area contributed by atoms with Gasteiger partial charge in [-0.25, -0.2) is 0 Å². The molecule has 1 rings (SSSR count). The van der Waals surface area contributed by atoms with Gasteiger partial charge in [0.15, 0.2) is 0 Å². The van der Waals surface area contributed by atoms with E-state index in [1.165, 1.54) is 36.3 Å². The summed E-state index contributed by atoms with van der Waals surface area (Å²) >= 11 is 9.48. The molecule has 0 aromatic carbocycles. The molecule has 0 unspecified atom stereocenters. The maximum atomic E-state index is 5.98. The first-order chi connectivity index (χ1) is 6.34. The van der Waals surface area contributed by atoms with Crippen molar-refractivity contribution in [2.45, 2.75) is 37.5 Å². The number of halogens is 1. The quantitative estimate of drug-likeness (QED) is 0.489. The summed E-state index contributed by atoms with van der Waals surface area (Å²) in [5.41, 5.74) is 0. The molecule has 0 aliphatic carbocycles. The molecule has 0 bridgehead atoms. The van der Waals surface area contributed by atoms with Crippen LogP contribution in [0.15, 0.2) is 16.3 Å². The molecule has 1 heterocycles. The van der Waals surface area contributed by atoms with Crippen molar-refractivity contribution < 1.29 is 0 Å². The molecule has 3 heteroatoms. The van der Waals surface area contributed by atoms with Gasteiger partial charge in [-0.3, -0.25) is 0 Å². The van der Waals surface area contributed by atoms with Crippen LogP contribution in [0.1, 0.15) is 32.6 Å². The van der Waals surface area contributed by atoms with Gasteiger partial charge in [0.1, 0.15) is 4.34 Å². The van der Waals surface area contributed by atoms with Crippen LogP contribution < -0.4 is 0 Å². The van der Waals surface area contributed by atoms with Gasteiger partial charge in [0.2, 0.25) is 0 Å². The van der Waals surface area contributed by atoms with Gasteiger partial charge in [0, 0.05) is 4.90 Å². The maximum Gasteiger partial charge on any atom is 0.106 e. The average molecular weight is 235 g/mol. The second-order valence-electron chi connectivity index (χ2n) is 2.97. The minimum absolute atomic E-state index is 0.945. The van der Waals surface area contributed by atoms with Crippen LogP contribution in [0.2, 0.25) is 4.34 Å². The van der Waals surface area contributed by atoms with E-state index in [0.29, 0.717) is 0 Å². The zero-order valence-electron chi connectivity index (χ0n) is 7.88. The lowest BCUT2D eigenvalue weighted by molar-refractivity contribution is 0.706. The third kappa shape index (κ3) is 4.39. The molecule has 74 valence electrons. The maximum absolute atomic E-state index is 5.98. The van der Waals surface area contributed by atoms with Crippen LogP contribution in [0.5, 0.6) is 0 Å². The molecule has 0 amide bonds. The Morgan fingerprint density at radius 2 is 2.23 bits per heavy atom. The molecule has 0 aliphatic heterocycles. The molecule has 0 atom stereocenters. The van der Waals surface area contributed by atoms with Crippen LogP contribution >= 0.6 is 34.7 Å². The van der Waals surface area contributed by atoms with E-state index in [9.17, 15) is 0 Å². The molecule has 0 saturated carbocycles. The van der Waals surface area contributed by atoms with Gasteiger partial charge in [0.05, 0.1) is 0 Å². The summed E-state index contributed by atoms with van der Waals surface area (Å²) < 4.78 is 0.945. The molecule has 1 aromatic heterocycles. The first kappa shape index (κ1) is 11.4. The van der Waals surface area contributed by atoms with Crippen LogP contribution in [0.3, 0.4) is 0 Å². The lowest BCUT2D eigenvalue weighted by atomic mass is 10.2. The van der Waals surface area contributed by atoms with Gasteiger partial charge >= 0.3 is 0 Å². The van der Waals surface area contributed by atoms with Gasteiger partial charge in [-0.15, -0.1) is 23.1 Å². The van der Waals surface area contributed by atoms with Crippen LogP contribution in [0.25, 0.3) is 0 Å². The molecule has 13 heavy (non-hydrogen) atoms. The fourth-order valence-electron chi connectivity index (χ4n) is 1.09. The second-order valence-corrected chi connectivity index (χ2v) is 5.62. The number of hydrogen-bond donors (Lipinski definition) is 0. The molecule has 0 N–H and O–H groups in total. The van der Waals surface area contributed by atoms with E-state index in [1.54, 1.807) is 11.3 Å². The molecule has 0 fully saturated rings. The van der Waals surface area contributed by atoms with E-state index in [2.05, 4.69) is 18.4 Å². The van der Waals surface area contributed by atoms with Gasteiger partial charge in [-0.05, 0) is 23.6 Å². The summed E-state index contributed by atoms with van der Waals surface area (Å²) in [6, 6.07) is 2.11. The van der Waals surface area contributed by atoms with Gasteiger partial charge in [-0.1, -0.05) is 37.8 Å². The summed E-state index contributed by atoms with van der Waals surface area (Å²) in [4.78, 5) is 1.25. The lowest BCUT2D eigenvalue weighted by Gasteiger charge is -1.99. The van der Waals surface area contributed by atoms with E-state index in [4.69, 9.17) is 11.6 Å². The van der Waals surface area contributed by atoms with Crippen molar-refractivity contribution in [1.29, 1.82) is 0 Å². The highest BCUT2D eigenvalue weighted by molar-refractivity contribution is 7.99. The molecular formula is C10H15ClS2. The molecule has 0 saturated heterocycles. The monoisotopic (exact) mass is 234 g/mol. The van der Waals surface area contributed by atoms with Crippen molar-refractivity contribution in [3.63, 3.8) is 0 Å². The highest BCUT2D eigenvalue weighted by Gasteiger charge is 2.00. The normalized spacial score (nSPS) is 10.6. The van der Waals surface area contributed by atoms with E-state index < -0.39 is 0 Å². The van der Waals surface area contributed by atoms with Crippen molar-refractivity contribution in [2.75, 3.05) is 5.75 Å². The summed E-state index contributed by atoms with van der Waals surface area (Å²) in [6.07, 6.45) is 5.33. The van der Waals surface area contributed by atoms with Crippen LogP contribution in [0, 0.1) is 0 Å². The molecular weight excluding hydrogens is 220 g/mol. The molecule has 0 radical (unpaired) electrons. The highest BCUT2D eigenvalue weighted by atomic mass is 35.5. The number of unbranched alkanes of at least 4 members (excludes halogenated alkanes) is 3. The van der Waals surface area contributed by atoms with Crippen molar-refractivity contribution in [3.05, 3.63) is 15.8 Å². The SMILES string of the molecule is CCCCCCSc1ccsc1Cl. The number of thioether (sulfide) groups is 1. The van der Waals surface area contributed by atoms with Crippen molar-refractivity contribution >= 4 is 34.7 Å². The number of hydrogen-bond acceptors (Lipinski definition) is 2. The van der Waals surface area contributed by atoms with Crippen LogP contribution in [-0.2, 0) is 0 Å². The Balaban J connectivity index is 2.10. The van der Waals surface area contributed by atoms with E-state index in [0.717, 1.165) is 4.34 Å². The Bertz CT molecular complexity index is 233. The number of thiophene rings is 1. The fraction of sp³-hybridized carbons (Fsp3) is 0.600. The fourth-order valence-corrected chi connectivity index (χ4v) is 3.24. The Morgan fingerprint density at radius 3 is 2.85 bits per heavy atom. The smallest absolute Gasteiger partial charge is 0.106 e. The Labute approximate surface area is 93.7 Å². The van der Waals surface area contributed by atoms with Gasteiger partial charge in [-0.2, -0.15) is 0 Å². The minimum atomic E-state index is 0.945. The van der Waals surface area contributed by atoms with E-state index in [-0.39, 0.29) is 0 Å². The minimum Gasteiger partial charge on any atom is -0.131 e. The summed E-state index contributed by atoms with van der Waals surface area (Å²) in [5.74, 6) is 1.20. The van der Waals surface area contributed by atoms with Crippen LogP contribution in [-0.4, -0.2) is 5.75 Å². The zero-order valence-corrected chi connectivity index (χ0v) is 10.3. The van der Waals surface area contributed by atoms with Gasteiger partial charge < -0.3 is 0 Å². The van der Waals surface area contributed by atoms with Crippen molar-refractivity contribution in [1.82, 2.24) is 0 Å². The van der Waals surface area contributed by atoms with E-state index >= 15 is 0 Å².